The Hall–Kier alpha value is -2.56. The molecule has 2 atom stereocenters. The second-order valence-electron chi connectivity index (χ2n) is 5.58. The third-order valence-corrected chi connectivity index (χ3v) is 3.41. The summed E-state index contributed by atoms with van der Waals surface area (Å²) in [6, 6.07) is -3.12. The number of unbranched alkanes of at least 4 members (excludes halogenated alkanes) is 2. The number of carboxylic acid groups (broad SMARTS) is 1. The van der Waals surface area contributed by atoms with Crippen LogP contribution in [0.1, 0.15) is 38.5 Å². The average Bonchev–Trinajstić information content (AvgIpc) is 2.51. The molecule has 11 heteroatoms. The lowest BCUT2D eigenvalue weighted by molar-refractivity contribution is -0.142. The number of urea groups is 2. The Balaban J connectivity index is 4.06. The summed E-state index contributed by atoms with van der Waals surface area (Å²) in [5, 5.41) is 16.4. The Morgan fingerprint density at radius 2 is 1.32 bits per heavy atom. The van der Waals surface area contributed by atoms with Crippen molar-refractivity contribution in [3.05, 3.63) is 0 Å². The van der Waals surface area contributed by atoms with Crippen molar-refractivity contribution in [1.29, 1.82) is 0 Å². The first-order chi connectivity index (χ1) is 11.7. The molecule has 0 unspecified atom stereocenters. The zero-order valence-electron chi connectivity index (χ0n) is 14.1. The minimum absolute atomic E-state index is 0.219. The van der Waals surface area contributed by atoms with Gasteiger partial charge in [-0.1, -0.05) is 0 Å². The van der Waals surface area contributed by atoms with Gasteiger partial charge in [-0.2, -0.15) is 0 Å². The Bertz CT molecular complexity index is 459. The lowest BCUT2D eigenvalue weighted by Crippen LogP contribution is -2.48. The largest absolute Gasteiger partial charge is 0.480 e. The van der Waals surface area contributed by atoms with Gasteiger partial charge in [-0.05, 0) is 38.5 Å². The van der Waals surface area contributed by atoms with E-state index in [9.17, 15) is 19.2 Å². The number of carbonyl (C=O) groups is 4. The Morgan fingerprint density at radius 1 is 0.840 bits per heavy atom. The van der Waals surface area contributed by atoms with Crippen molar-refractivity contribution in [2.75, 3.05) is 13.1 Å². The molecule has 0 spiro atoms. The van der Waals surface area contributed by atoms with Gasteiger partial charge in [-0.15, -0.1) is 0 Å². The number of primary amides is 2. The number of nitrogens with one attached hydrogen (secondary N) is 3. The van der Waals surface area contributed by atoms with Crippen molar-refractivity contribution in [2.45, 2.75) is 50.6 Å². The van der Waals surface area contributed by atoms with Crippen LogP contribution in [-0.2, 0) is 9.59 Å². The molecule has 144 valence electrons. The average molecular weight is 360 g/mol. The van der Waals surface area contributed by atoms with Crippen LogP contribution in [0, 0.1) is 0 Å². The van der Waals surface area contributed by atoms with E-state index in [0.29, 0.717) is 45.2 Å². The minimum atomic E-state index is -1.14. The van der Waals surface area contributed by atoms with E-state index in [1.807, 2.05) is 0 Å². The van der Waals surface area contributed by atoms with Crippen LogP contribution in [0.3, 0.4) is 0 Å². The molecule has 0 aromatic heterocycles. The molecule has 0 aliphatic heterocycles. The maximum Gasteiger partial charge on any atom is 0.326 e. The summed E-state index contributed by atoms with van der Waals surface area (Å²) in [6.07, 6.45) is 2.81. The monoisotopic (exact) mass is 360 g/mol. The molecular formula is C14H28N6O5. The zero-order valence-corrected chi connectivity index (χ0v) is 14.1. The van der Waals surface area contributed by atoms with Crippen LogP contribution >= 0.6 is 0 Å². The molecule has 25 heavy (non-hydrogen) atoms. The van der Waals surface area contributed by atoms with E-state index in [1.165, 1.54) is 0 Å². The van der Waals surface area contributed by atoms with Crippen molar-refractivity contribution in [3.63, 3.8) is 0 Å². The Labute approximate surface area is 146 Å². The first-order valence-electron chi connectivity index (χ1n) is 8.09. The topological polar surface area (TPSA) is 203 Å². The van der Waals surface area contributed by atoms with Crippen molar-refractivity contribution >= 4 is 23.9 Å². The van der Waals surface area contributed by atoms with Gasteiger partial charge < -0.3 is 38.3 Å². The highest BCUT2D eigenvalue weighted by Crippen LogP contribution is 2.04. The third-order valence-electron chi connectivity index (χ3n) is 3.41. The van der Waals surface area contributed by atoms with Crippen molar-refractivity contribution in [1.82, 2.24) is 16.0 Å². The van der Waals surface area contributed by atoms with E-state index < -0.39 is 36.0 Å². The molecular weight excluding hydrogens is 332 g/mol. The van der Waals surface area contributed by atoms with Gasteiger partial charge in [0.25, 0.3) is 0 Å². The summed E-state index contributed by atoms with van der Waals surface area (Å²) in [5.41, 5.74) is 15.6. The summed E-state index contributed by atoms with van der Waals surface area (Å²) in [5.74, 6) is -1.68. The molecule has 0 radical (unpaired) electrons. The number of amides is 5. The fourth-order valence-corrected chi connectivity index (χ4v) is 2.05. The molecule has 5 amide bonds. The van der Waals surface area contributed by atoms with Crippen LogP contribution in [0.15, 0.2) is 0 Å². The molecule has 0 saturated heterocycles. The standard InChI is InChI=1S/C14H28N6O5/c15-9(5-1-3-7-18-13(16)24)11(21)20-10(12(22)23)6-2-4-8-19-14(17)25/h9-10H,1-8,15H2,(H,20,21)(H,22,23)(H3,16,18,24)(H3,17,19,25)/t9-,10-/m0/s1. The summed E-state index contributed by atoms with van der Waals surface area (Å²) < 4.78 is 0. The van der Waals surface area contributed by atoms with Gasteiger partial charge in [-0.25, -0.2) is 14.4 Å². The van der Waals surface area contributed by atoms with Gasteiger partial charge in [0.2, 0.25) is 5.91 Å². The van der Waals surface area contributed by atoms with E-state index in [0.717, 1.165) is 0 Å². The van der Waals surface area contributed by atoms with Gasteiger partial charge >= 0.3 is 18.0 Å². The van der Waals surface area contributed by atoms with E-state index in [4.69, 9.17) is 22.3 Å². The van der Waals surface area contributed by atoms with Crippen molar-refractivity contribution < 1.29 is 24.3 Å². The molecule has 0 rings (SSSR count). The SMILES string of the molecule is NC(=O)NCCCC[C@H](NC(=O)[C@@H](N)CCCCNC(N)=O)C(=O)O. The number of nitrogens with two attached hydrogens (primary N) is 3. The molecule has 0 aromatic carbocycles. The summed E-state index contributed by atoms with van der Waals surface area (Å²) in [4.78, 5) is 44.1. The number of rotatable bonds is 13. The summed E-state index contributed by atoms with van der Waals surface area (Å²) >= 11 is 0. The van der Waals surface area contributed by atoms with Gasteiger partial charge in [0.15, 0.2) is 0 Å². The van der Waals surface area contributed by atoms with E-state index in [-0.39, 0.29) is 6.42 Å². The zero-order chi connectivity index (χ0) is 19.2. The fraction of sp³-hybridized carbons (Fsp3) is 0.714. The molecule has 0 bridgehead atoms. The first kappa shape index (κ1) is 22.4. The molecule has 0 heterocycles. The van der Waals surface area contributed by atoms with E-state index >= 15 is 0 Å². The van der Waals surface area contributed by atoms with E-state index in [2.05, 4.69) is 16.0 Å². The first-order valence-corrected chi connectivity index (χ1v) is 8.09. The predicted molar refractivity (Wildman–Crippen MR) is 90.4 cm³/mol. The van der Waals surface area contributed by atoms with Crippen molar-refractivity contribution in [2.24, 2.45) is 17.2 Å². The molecule has 10 N–H and O–H groups in total. The molecule has 11 nitrogen and oxygen atoms in total. The molecule has 0 saturated carbocycles. The molecule has 0 aromatic rings. The third kappa shape index (κ3) is 12.5. The highest BCUT2D eigenvalue weighted by molar-refractivity contribution is 5.86. The normalized spacial score (nSPS) is 12.7. The Morgan fingerprint density at radius 3 is 1.76 bits per heavy atom. The Kier molecular flexibility index (Phi) is 11.5. The molecule has 0 aliphatic carbocycles. The maximum atomic E-state index is 11.9. The lowest BCUT2D eigenvalue weighted by atomic mass is 10.1. The maximum absolute atomic E-state index is 11.9. The summed E-state index contributed by atoms with van der Waals surface area (Å²) in [6.45, 7) is 0.731. The van der Waals surface area contributed by atoms with Gasteiger partial charge in [-0.3, -0.25) is 4.79 Å². The number of hydrogen-bond acceptors (Lipinski definition) is 5. The predicted octanol–water partition coefficient (Wildman–Crippen LogP) is -1.44. The fourth-order valence-electron chi connectivity index (χ4n) is 2.05. The smallest absolute Gasteiger partial charge is 0.326 e. The van der Waals surface area contributed by atoms with Gasteiger partial charge in [0.05, 0.1) is 6.04 Å². The minimum Gasteiger partial charge on any atom is -0.480 e. The van der Waals surface area contributed by atoms with E-state index in [1.54, 1.807) is 0 Å². The highest BCUT2D eigenvalue weighted by Gasteiger charge is 2.22. The second-order valence-corrected chi connectivity index (χ2v) is 5.58. The quantitative estimate of drug-likeness (QED) is 0.196. The van der Waals surface area contributed by atoms with Crippen LogP contribution in [0.4, 0.5) is 9.59 Å². The summed E-state index contributed by atoms with van der Waals surface area (Å²) in [7, 11) is 0. The van der Waals surface area contributed by atoms with Crippen LogP contribution in [0.2, 0.25) is 0 Å². The molecule has 0 aliphatic rings. The number of aliphatic carboxylic acids is 1. The van der Waals surface area contributed by atoms with Crippen LogP contribution < -0.4 is 33.2 Å². The van der Waals surface area contributed by atoms with Crippen LogP contribution in [0.25, 0.3) is 0 Å². The highest BCUT2D eigenvalue weighted by atomic mass is 16.4. The van der Waals surface area contributed by atoms with Gasteiger partial charge in [0.1, 0.15) is 6.04 Å². The van der Waals surface area contributed by atoms with Crippen LogP contribution in [-0.4, -0.2) is 54.2 Å². The second kappa shape index (κ2) is 12.8. The van der Waals surface area contributed by atoms with Crippen LogP contribution in [0.5, 0.6) is 0 Å². The number of carboxylic acids is 1. The van der Waals surface area contributed by atoms with Crippen molar-refractivity contribution in [3.8, 4) is 0 Å². The number of carbonyl (C=O) groups excluding carboxylic acids is 3. The molecule has 0 fully saturated rings. The number of hydrogen-bond donors (Lipinski definition) is 7. The lowest BCUT2D eigenvalue weighted by Gasteiger charge is -2.18. The van der Waals surface area contributed by atoms with Gasteiger partial charge in [0, 0.05) is 13.1 Å².